The molecule has 0 aliphatic heterocycles. The molecule has 0 atom stereocenters. The van der Waals surface area contributed by atoms with Crippen LogP contribution in [-0.2, 0) is 11.3 Å². The molecule has 0 spiro atoms. The molecule has 3 N–H and O–H groups in total. The van der Waals surface area contributed by atoms with Crippen LogP contribution < -0.4 is 16.0 Å². The van der Waals surface area contributed by atoms with Crippen LogP contribution in [0.4, 0.5) is 0 Å². The number of aliphatic imine (C=N–C) groups is 1. The van der Waals surface area contributed by atoms with E-state index in [2.05, 4.69) is 31.1 Å². The fourth-order valence-corrected chi connectivity index (χ4v) is 1.42. The Bertz CT molecular complexity index is 475. The Balaban J connectivity index is 2.35. The smallest absolute Gasteiger partial charge is 0.239 e. The summed E-state index contributed by atoms with van der Waals surface area (Å²) in [4.78, 5) is 19.7. The number of hydrogen-bond donors (Lipinski definition) is 3. The third kappa shape index (κ3) is 6.17. The zero-order chi connectivity index (χ0) is 15.2. The quantitative estimate of drug-likeness (QED) is 0.528. The van der Waals surface area contributed by atoms with E-state index in [0.717, 1.165) is 0 Å². The molecule has 0 aliphatic rings. The molecule has 112 valence electrons. The number of hydrogen-bond acceptors (Lipinski definition) is 5. The number of carbonyl (C=O) groups is 1. The van der Waals surface area contributed by atoms with E-state index in [-0.39, 0.29) is 18.0 Å². The summed E-state index contributed by atoms with van der Waals surface area (Å²) in [5.41, 5.74) is -0.252. The molecule has 0 bridgehead atoms. The number of nitrogens with one attached hydrogen (secondary N) is 3. The molecule has 0 aromatic carbocycles. The highest BCUT2D eigenvalue weighted by atomic mass is 16.5. The maximum absolute atomic E-state index is 11.7. The third-order valence-corrected chi connectivity index (χ3v) is 2.14. The summed E-state index contributed by atoms with van der Waals surface area (Å²) in [6, 6.07) is 0. The minimum absolute atomic E-state index is 0.101. The Kier molecular flexibility index (Phi) is 5.48. The van der Waals surface area contributed by atoms with E-state index in [1.165, 1.54) is 0 Å². The molecule has 0 unspecified atom stereocenters. The largest absolute Gasteiger partial charge is 0.350 e. The highest BCUT2D eigenvalue weighted by molar-refractivity contribution is 5.86. The van der Waals surface area contributed by atoms with Crippen molar-refractivity contribution in [3.8, 4) is 0 Å². The zero-order valence-electron chi connectivity index (χ0n) is 12.6. The van der Waals surface area contributed by atoms with Gasteiger partial charge in [0.2, 0.25) is 11.8 Å². The molecule has 1 rings (SSSR count). The molecule has 1 aromatic rings. The second kappa shape index (κ2) is 6.88. The predicted octanol–water partition coefficient (Wildman–Crippen LogP) is -0.0423. The number of amides is 1. The van der Waals surface area contributed by atoms with Crippen LogP contribution in [0, 0.1) is 6.92 Å². The van der Waals surface area contributed by atoms with Crippen molar-refractivity contribution in [3.05, 3.63) is 11.7 Å². The molecule has 0 aliphatic carbocycles. The molecule has 20 heavy (non-hydrogen) atoms. The van der Waals surface area contributed by atoms with Crippen LogP contribution >= 0.6 is 0 Å². The van der Waals surface area contributed by atoms with Gasteiger partial charge in [-0.1, -0.05) is 5.16 Å². The minimum Gasteiger partial charge on any atom is -0.350 e. The Hall–Kier alpha value is -2.12. The van der Waals surface area contributed by atoms with Crippen LogP contribution in [0.25, 0.3) is 0 Å². The van der Waals surface area contributed by atoms with Crippen molar-refractivity contribution < 1.29 is 9.32 Å². The molecule has 0 saturated heterocycles. The van der Waals surface area contributed by atoms with Gasteiger partial charge in [0.1, 0.15) is 0 Å². The van der Waals surface area contributed by atoms with Gasteiger partial charge in [-0.15, -0.1) is 0 Å². The van der Waals surface area contributed by atoms with Gasteiger partial charge in [0.25, 0.3) is 0 Å². The van der Waals surface area contributed by atoms with Gasteiger partial charge >= 0.3 is 0 Å². The number of aryl methyl sites for hydroxylation is 1. The Morgan fingerprint density at radius 1 is 1.35 bits per heavy atom. The van der Waals surface area contributed by atoms with Crippen molar-refractivity contribution in [2.45, 2.75) is 39.8 Å². The van der Waals surface area contributed by atoms with Crippen LogP contribution in [-0.4, -0.2) is 41.1 Å². The minimum atomic E-state index is -0.252. The Labute approximate surface area is 118 Å². The van der Waals surface area contributed by atoms with E-state index in [9.17, 15) is 4.79 Å². The van der Waals surface area contributed by atoms with E-state index < -0.39 is 0 Å². The van der Waals surface area contributed by atoms with Gasteiger partial charge in [-0.25, -0.2) is 0 Å². The molecular weight excluding hydrogens is 260 g/mol. The summed E-state index contributed by atoms with van der Waals surface area (Å²) in [7, 11) is 1.62. The van der Waals surface area contributed by atoms with Crippen LogP contribution in [0.1, 0.15) is 32.5 Å². The first-order valence-corrected chi connectivity index (χ1v) is 6.35. The van der Waals surface area contributed by atoms with E-state index in [1.807, 2.05) is 20.8 Å². The number of carbonyl (C=O) groups excluding carboxylic acids is 1. The fourth-order valence-electron chi connectivity index (χ4n) is 1.42. The normalized spacial score (nSPS) is 12.2. The molecule has 8 nitrogen and oxygen atoms in total. The summed E-state index contributed by atoms with van der Waals surface area (Å²) < 4.78 is 4.86. The van der Waals surface area contributed by atoms with Crippen molar-refractivity contribution in [1.82, 2.24) is 26.1 Å². The molecule has 0 fully saturated rings. The van der Waals surface area contributed by atoms with Crippen molar-refractivity contribution in [3.63, 3.8) is 0 Å². The standard InChI is InChI=1S/C12H22N6O2/c1-8-16-9(18-20-8)6-14-11(13-5)15-7-10(19)17-12(2,3)4/h6-7H2,1-5H3,(H,17,19)(H2,13,14,15). The molecule has 0 radical (unpaired) electrons. The lowest BCUT2D eigenvalue weighted by Gasteiger charge is -2.21. The SMILES string of the molecule is CN=C(NCC(=O)NC(C)(C)C)NCc1noc(C)n1. The lowest BCUT2D eigenvalue weighted by molar-refractivity contribution is -0.121. The van der Waals surface area contributed by atoms with Gasteiger partial charge in [-0.05, 0) is 20.8 Å². The maximum Gasteiger partial charge on any atom is 0.239 e. The van der Waals surface area contributed by atoms with E-state index >= 15 is 0 Å². The van der Waals surface area contributed by atoms with Crippen LogP contribution in [0.15, 0.2) is 9.52 Å². The number of rotatable bonds is 4. The van der Waals surface area contributed by atoms with Crippen LogP contribution in [0.5, 0.6) is 0 Å². The van der Waals surface area contributed by atoms with Crippen molar-refractivity contribution in [1.29, 1.82) is 0 Å². The average molecular weight is 282 g/mol. The monoisotopic (exact) mass is 282 g/mol. The predicted molar refractivity (Wildman–Crippen MR) is 75.1 cm³/mol. The first kappa shape index (κ1) is 15.9. The number of nitrogens with zero attached hydrogens (tertiary/aromatic N) is 3. The Morgan fingerprint density at radius 2 is 2.05 bits per heavy atom. The molecule has 1 amide bonds. The molecular formula is C12H22N6O2. The van der Waals surface area contributed by atoms with E-state index in [0.29, 0.717) is 24.2 Å². The van der Waals surface area contributed by atoms with Gasteiger partial charge in [-0.3, -0.25) is 9.79 Å². The second-order valence-electron chi connectivity index (χ2n) is 5.31. The first-order valence-electron chi connectivity index (χ1n) is 6.35. The van der Waals surface area contributed by atoms with E-state index in [1.54, 1.807) is 14.0 Å². The fraction of sp³-hybridized carbons (Fsp3) is 0.667. The molecule has 0 saturated carbocycles. The third-order valence-electron chi connectivity index (χ3n) is 2.14. The molecule has 1 heterocycles. The lowest BCUT2D eigenvalue weighted by atomic mass is 10.1. The Morgan fingerprint density at radius 3 is 2.55 bits per heavy atom. The second-order valence-corrected chi connectivity index (χ2v) is 5.31. The van der Waals surface area contributed by atoms with Gasteiger partial charge in [0.15, 0.2) is 11.8 Å². The van der Waals surface area contributed by atoms with Crippen LogP contribution in [0.2, 0.25) is 0 Å². The van der Waals surface area contributed by atoms with Crippen molar-refractivity contribution in [2.24, 2.45) is 4.99 Å². The molecule has 1 aromatic heterocycles. The van der Waals surface area contributed by atoms with Gasteiger partial charge in [-0.2, -0.15) is 4.98 Å². The van der Waals surface area contributed by atoms with Crippen LogP contribution in [0.3, 0.4) is 0 Å². The summed E-state index contributed by atoms with van der Waals surface area (Å²) in [5.74, 6) is 1.44. The summed E-state index contributed by atoms with van der Waals surface area (Å²) in [6.07, 6.45) is 0. The maximum atomic E-state index is 11.7. The summed E-state index contributed by atoms with van der Waals surface area (Å²) in [6.45, 7) is 8.02. The highest BCUT2D eigenvalue weighted by Gasteiger charge is 2.13. The average Bonchev–Trinajstić information content (AvgIpc) is 2.73. The van der Waals surface area contributed by atoms with Crippen molar-refractivity contribution >= 4 is 11.9 Å². The first-order chi connectivity index (χ1) is 9.30. The summed E-state index contributed by atoms with van der Waals surface area (Å²) in [5, 5.41) is 12.5. The molecule has 8 heteroatoms. The number of guanidine groups is 1. The van der Waals surface area contributed by atoms with E-state index in [4.69, 9.17) is 4.52 Å². The van der Waals surface area contributed by atoms with Gasteiger partial charge in [0.05, 0.1) is 13.1 Å². The highest BCUT2D eigenvalue weighted by Crippen LogP contribution is 1.97. The van der Waals surface area contributed by atoms with Gasteiger partial charge in [0, 0.05) is 19.5 Å². The van der Waals surface area contributed by atoms with Crippen molar-refractivity contribution in [2.75, 3.05) is 13.6 Å². The van der Waals surface area contributed by atoms with Gasteiger partial charge < -0.3 is 20.5 Å². The summed E-state index contributed by atoms with van der Waals surface area (Å²) >= 11 is 0. The number of aromatic nitrogens is 2. The topological polar surface area (TPSA) is 104 Å². The lowest BCUT2D eigenvalue weighted by Crippen LogP contribution is -2.48. The zero-order valence-corrected chi connectivity index (χ0v) is 12.6.